The summed E-state index contributed by atoms with van der Waals surface area (Å²) >= 11 is 0. The maximum Gasteiger partial charge on any atom is 0.328 e. The van der Waals surface area contributed by atoms with Gasteiger partial charge in [0.2, 0.25) is 29.4 Å². The van der Waals surface area contributed by atoms with Gasteiger partial charge in [0.1, 0.15) is 12.1 Å². The Balaban J connectivity index is 1.89. The van der Waals surface area contributed by atoms with Gasteiger partial charge in [0, 0.05) is 43.0 Å². The molecule has 11 nitrogen and oxygen atoms in total. The van der Waals surface area contributed by atoms with Gasteiger partial charge in [-0.25, -0.2) is 0 Å². The molecule has 2 aromatic carbocycles. The first-order valence-corrected chi connectivity index (χ1v) is 19.2. The largest absolute Gasteiger partial charge is 0.328 e. The van der Waals surface area contributed by atoms with Crippen LogP contribution in [0, 0.1) is 11.8 Å². The van der Waals surface area contributed by atoms with Crippen LogP contribution in [-0.4, -0.2) is 79.3 Å². The second-order valence-corrected chi connectivity index (χ2v) is 14.8. The molecular formula is C44H52F2N6O5. The Hall–Kier alpha value is -5.53. The normalized spacial score (nSPS) is 13.7. The van der Waals surface area contributed by atoms with Crippen molar-refractivity contribution in [3.05, 3.63) is 132 Å². The summed E-state index contributed by atoms with van der Waals surface area (Å²) in [5.74, 6) is -11.5. The first-order chi connectivity index (χ1) is 27.1. The van der Waals surface area contributed by atoms with Gasteiger partial charge < -0.3 is 11.5 Å². The molecule has 0 saturated heterocycles. The number of amides is 4. The molecule has 0 bridgehead atoms. The fraction of sp³-hybridized carbons (Fsp3) is 0.386. The van der Waals surface area contributed by atoms with E-state index in [1.807, 2.05) is 0 Å². The fourth-order valence-electron chi connectivity index (χ4n) is 6.34. The van der Waals surface area contributed by atoms with E-state index in [1.165, 1.54) is 24.5 Å². The summed E-state index contributed by atoms with van der Waals surface area (Å²) in [6, 6.07) is 19.0. The molecule has 0 aliphatic carbocycles. The summed E-state index contributed by atoms with van der Waals surface area (Å²) in [6.07, 6.45) is 1.20. The van der Waals surface area contributed by atoms with Crippen LogP contribution >= 0.6 is 0 Å². The fourth-order valence-corrected chi connectivity index (χ4v) is 6.34. The minimum Gasteiger partial charge on any atom is -0.320 e. The van der Waals surface area contributed by atoms with Crippen LogP contribution in [0.15, 0.2) is 109 Å². The highest BCUT2D eigenvalue weighted by atomic mass is 19.3. The smallest absolute Gasteiger partial charge is 0.320 e. The van der Waals surface area contributed by atoms with Crippen molar-refractivity contribution in [2.45, 2.75) is 96.3 Å². The highest BCUT2D eigenvalue weighted by Gasteiger charge is 2.57. The summed E-state index contributed by atoms with van der Waals surface area (Å²) in [4.78, 5) is 81.2. The quantitative estimate of drug-likeness (QED) is 0.131. The highest BCUT2D eigenvalue weighted by Crippen LogP contribution is 2.33. The summed E-state index contributed by atoms with van der Waals surface area (Å²) in [5, 5.41) is 0. The minimum absolute atomic E-state index is 0.00865. The number of hydrogen-bond donors (Lipinski definition) is 2. The number of nitrogens with two attached hydrogens (primary N) is 2. The van der Waals surface area contributed by atoms with E-state index in [-0.39, 0.29) is 19.3 Å². The molecule has 0 spiro atoms. The molecule has 302 valence electrons. The summed E-state index contributed by atoms with van der Waals surface area (Å²) in [7, 11) is 0. The van der Waals surface area contributed by atoms with Crippen LogP contribution in [0.1, 0.15) is 63.1 Å². The van der Waals surface area contributed by atoms with Crippen molar-refractivity contribution in [1.29, 1.82) is 0 Å². The van der Waals surface area contributed by atoms with Crippen LogP contribution in [0.5, 0.6) is 0 Å². The molecule has 0 aliphatic rings. The molecule has 4 rings (SSSR count). The molecule has 2 heterocycles. The number of hydrogen-bond acceptors (Lipinski definition) is 9. The Morgan fingerprint density at radius 3 is 1.42 bits per heavy atom. The number of carbonyl (C=O) groups is 5. The predicted octanol–water partition coefficient (Wildman–Crippen LogP) is 5.15. The third kappa shape index (κ3) is 11.7. The van der Waals surface area contributed by atoms with Crippen LogP contribution in [0.4, 0.5) is 8.78 Å². The Morgan fingerprint density at radius 1 is 0.596 bits per heavy atom. The summed E-state index contributed by atoms with van der Waals surface area (Å²) in [6.45, 7) is 6.50. The molecule has 13 heteroatoms. The van der Waals surface area contributed by atoms with E-state index in [1.54, 1.807) is 113 Å². The lowest BCUT2D eigenvalue weighted by Gasteiger charge is -2.40. The number of alkyl halides is 2. The monoisotopic (exact) mass is 782 g/mol. The van der Waals surface area contributed by atoms with Crippen LogP contribution in [-0.2, 0) is 49.7 Å². The maximum absolute atomic E-state index is 17.8. The Bertz CT molecular complexity index is 1930. The number of nitrogens with zero attached hydrogens (tertiary/aromatic N) is 4. The van der Waals surface area contributed by atoms with Crippen LogP contribution in [0.25, 0.3) is 0 Å². The number of rotatable bonds is 19. The second-order valence-electron chi connectivity index (χ2n) is 14.8. The number of ketones is 1. The number of pyridine rings is 2. The molecule has 0 aliphatic heterocycles. The first-order valence-electron chi connectivity index (χ1n) is 19.2. The second kappa shape index (κ2) is 20.6. The molecule has 2 aromatic heterocycles. The average molecular weight is 783 g/mol. The third-order valence-electron chi connectivity index (χ3n) is 9.88. The van der Waals surface area contributed by atoms with Gasteiger partial charge in [-0.05, 0) is 66.5 Å². The van der Waals surface area contributed by atoms with E-state index in [0.717, 1.165) is 0 Å². The van der Waals surface area contributed by atoms with E-state index in [9.17, 15) is 24.0 Å². The van der Waals surface area contributed by atoms with E-state index in [0.29, 0.717) is 32.3 Å². The van der Waals surface area contributed by atoms with E-state index in [4.69, 9.17) is 11.5 Å². The molecule has 4 aromatic rings. The molecule has 4 atom stereocenters. The van der Waals surface area contributed by atoms with E-state index in [2.05, 4.69) is 9.97 Å². The minimum atomic E-state index is -4.54. The summed E-state index contributed by atoms with van der Waals surface area (Å²) in [5.41, 5.74) is 14.3. The third-order valence-corrected chi connectivity index (χ3v) is 9.88. The van der Waals surface area contributed by atoms with Gasteiger partial charge in [-0.2, -0.15) is 8.78 Å². The van der Waals surface area contributed by atoms with Crippen molar-refractivity contribution in [2.75, 3.05) is 0 Å². The Morgan fingerprint density at radius 2 is 1.00 bits per heavy atom. The van der Waals surface area contributed by atoms with Gasteiger partial charge in [-0.3, -0.25) is 43.7 Å². The number of aryl methyl sites for hydroxylation is 2. The van der Waals surface area contributed by atoms with Gasteiger partial charge in [-0.1, -0.05) is 100 Å². The van der Waals surface area contributed by atoms with Gasteiger partial charge in [0.25, 0.3) is 0 Å². The van der Waals surface area contributed by atoms with Gasteiger partial charge in [0.05, 0.1) is 12.1 Å². The number of aromatic nitrogens is 2. The zero-order valence-electron chi connectivity index (χ0n) is 32.8. The van der Waals surface area contributed by atoms with Crippen LogP contribution in [0.3, 0.4) is 0 Å². The van der Waals surface area contributed by atoms with Crippen molar-refractivity contribution >= 4 is 29.4 Å². The molecule has 4 N–H and O–H groups in total. The lowest BCUT2D eigenvalue weighted by Crippen LogP contribution is -2.65. The van der Waals surface area contributed by atoms with Gasteiger partial charge in [0.15, 0.2) is 0 Å². The molecule has 57 heavy (non-hydrogen) atoms. The molecule has 0 radical (unpaired) electrons. The van der Waals surface area contributed by atoms with Gasteiger partial charge in [-0.15, -0.1) is 0 Å². The van der Waals surface area contributed by atoms with E-state index >= 15 is 8.78 Å². The van der Waals surface area contributed by atoms with Crippen LogP contribution < -0.4 is 11.5 Å². The van der Waals surface area contributed by atoms with Crippen molar-refractivity contribution in [2.24, 2.45) is 23.3 Å². The Labute approximate surface area is 332 Å². The molecule has 4 amide bonds. The standard InChI is InChI=1S/C44H52F2N6O5/c1-29(2)39(47)42(56)51(37(53)23-21-33-19-11-13-25-49-33)35(27-31-15-7-5-8-16-31)41(55)44(45,46)36(28-32-17-9-6-10-18-32)52(43(57)40(48)30(3)4)38(54)24-22-34-20-12-14-26-50-34/h5-20,25-26,29-30,35-36,39-40H,21-24,27-28,47-48H2,1-4H3/t35-,36-,39-,40-/m0/s1. The molecular weight excluding hydrogens is 731 g/mol. The maximum atomic E-state index is 17.8. The zero-order chi connectivity index (χ0) is 41.7. The lowest BCUT2D eigenvalue weighted by atomic mass is 9.88. The lowest BCUT2D eigenvalue weighted by molar-refractivity contribution is -0.174. The summed E-state index contributed by atoms with van der Waals surface area (Å²) < 4.78 is 35.6. The van der Waals surface area contributed by atoms with Crippen molar-refractivity contribution in [3.63, 3.8) is 0 Å². The number of Topliss-reactive ketones (excluding diaryl/α,β-unsaturated/α-hetero) is 1. The zero-order valence-corrected chi connectivity index (χ0v) is 32.8. The van der Waals surface area contributed by atoms with Gasteiger partial charge >= 0.3 is 5.92 Å². The topological polar surface area (TPSA) is 170 Å². The number of carbonyl (C=O) groups excluding carboxylic acids is 5. The van der Waals surface area contributed by atoms with Crippen molar-refractivity contribution < 1.29 is 32.8 Å². The number of benzene rings is 2. The molecule has 0 unspecified atom stereocenters. The number of halogens is 2. The average Bonchev–Trinajstić information content (AvgIpc) is 3.22. The predicted molar refractivity (Wildman–Crippen MR) is 212 cm³/mol. The SMILES string of the molecule is CC(C)[C@H](N)C(=O)N(C(=O)CCc1ccccn1)[C@@H](Cc1ccccc1)C(F)(F)C(=O)[C@H](Cc1ccccc1)N(C(=O)CCc1ccccn1)C(=O)[C@@H](N)C(C)C. The van der Waals surface area contributed by atoms with E-state index < -0.39 is 90.6 Å². The van der Waals surface area contributed by atoms with Crippen LogP contribution in [0.2, 0.25) is 0 Å². The first kappa shape index (κ1) is 44.2. The molecule has 0 saturated carbocycles. The van der Waals surface area contributed by atoms with Crippen molar-refractivity contribution in [1.82, 2.24) is 19.8 Å². The van der Waals surface area contributed by atoms with Crippen molar-refractivity contribution in [3.8, 4) is 0 Å². The highest BCUT2D eigenvalue weighted by molar-refractivity contribution is 6.05. The molecule has 0 fully saturated rings. The number of imide groups is 2. The Kier molecular flexibility index (Phi) is 16.0.